The Hall–Kier alpha value is -1.12. The van der Waals surface area contributed by atoms with Crippen molar-refractivity contribution in [2.24, 2.45) is 11.8 Å². The van der Waals surface area contributed by atoms with Gasteiger partial charge in [-0.3, -0.25) is 9.59 Å². The summed E-state index contributed by atoms with van der Waals surface area (Å²) in [5, 5.41) is 0. The maximum atomic E-state index is 11.8. The predicted molar refractivity (Wildman–Crippen MR) is 55.1 cm³/mol. The SMILES string of the molecule is O=C1C=C[C@@H]2C[C@@H]1[C@H]1CCCC(=O)N1C2. The smallest absolute Gasteiger partial charge is 0.222 e. The van der Waals surface area contributed by atoms with Gasteiger partial charge in [0.2, 0.25) is 5.91 Å². The van der Waals surface area contributed by atoms with Crippen LogP contribution in [0.3, 0.4) is 0 Å². The first kappa shape index (κ1) is 9.13. The maximum Gasteiger partial charge on any atom is 0.222 e. The van der Waals surface area contributed by atoms with Gasteiger partial charge in [0.05, 0.1) is 0 Å². The zero-order chi connectivity index (χ0) is 10.4. The molecule has 0 radical (unpaired) electrons. The molecule has 2 heterocycles. The van der Waals surface area contributed by atoms with Crippen molar-refractivity contribution in [1.82, 2.24) is 4.90 Å². The summed E-state index contributed by atoms with van der Waals surface area (Å²) in [6, 6.07) is 0.208. The molecule has 3 aliphatic rings. The number of carbonyl (C=O) groups excluding carboxylic acids is 2. The Morgan fingerprint density at radius 1 is 1.33 bits per heavy atom. The molecule has 1 amide bonds. The number of amides is 1. The third kappa shape index (κ3) is 1.33. The fourth-order valence-corrected chi connectivity index (χ4v) is 3.21. The minimum atomic E-state index is 0.0954. The highest BCUT2D eigenvalue weighted by molar-refractivity contribution is 5.94. The molecule has 3 atom stereocenters. The quantitative estimate of drug-likeness (QED) is 0.594. The molecule has 80 valence electrons. The first-order valence-corrected chi connectivity index (χ1v) is 5.77. The lowest BCUT2D eigenvalue weighted by Crippen LogP contribution is -2.56. The summed E-state index contributed by atoms with van der Waals surface area (Å²) in [6.07, 6.45) is 7.32. The van der Waals surface area contributed by atoms with Crippen molar-refractivity contribution < 1.29 is 9.59 Å². The third-order valence-electron chi connectivity index (χ3n) is 3.96. The van der Waals surface area contributed by atoms with E-state index in [-0.39, 0.29) is 23.7 Å². The van der Waals surface area contributed by atoms with Gasteiger partial charge in [0.15, 0.2) is 5.78 Å². The Morgan fingerprint density at radius 3 is 3.07 bits per heavy atom. The molecule has 2 saturated heterocycles. The van der Waals surface area contributed by atoms with E-state index in [9.17, 15) is 9.59 Å². The molecule has 3 heteroatoms. The Bertz CT molecular complexity index is 348. The zero-order valence-electron chi connectivity index (χ0n) is 8.69. The van der Waals surface area contributed by atoms with Crippen LogP contribution >= 0.6 is 0 Å². The molecule has 0 aromatic rings. The fourth-order valence-electron chi connectivity index (χ4n) is 3.21. The van der Waals surface area contributed by atoms with Crippen LogP contribution in [0.5, 0.6) is 0 Å². The van der Waals surface area contributed by atoms with Crippen LogP contribution in [0.2, 0.25) is 0 Å². The predicted octanol–water partition coefficient (Wildman–Crippen LogP) is 1.14. The third-order valence-corrected chi connectivity index (χ3v) is 3.96. The average Bonchev–Trinajstić information content (AvgIpc) is 2.25. The van der Waals surface area contributed by atoms with Crippen molar-refractivity contribution in [3.05, 3.63) is 12.2 Å². The Balaban J connectivity index is 1.94. The van der Waals surface area contributed by atoms with E-state index in [0.717, 1.165) is 25.8 Å². The van der Waals surface area contributed by atoms with Crippen LogP contribution in [-0.4, -0.2) is 29.2 Å². The van der Waals surface area contributed by atoms with Crippen molar-refractivity contribution in [2.45, 2.75) is 31.7 Å². The minimum Gasteiger partial charge on any atom is -0.338 e. The summed E-state index contributed by atoms with van der Waals surface area (Å²) in [7, 11) is 0. The van der Waals surface area contributed by atoms with E-state index in [2.05, 4.69) is 0 Å². The number of hydrogen-bond acceptors (Lipinski definition) is 2. The second kappa shape index (κ2) is 3.19. The van der Waals surface area contributed by atoms with Crippen LogP contribution in [0.4, 0.5) is 0 Å². The van der Waals surface area contributed by atoms with E-state index in [1.165, 1.54) is 0 Å². The highest BCUT2D eigenvalue weighted by Crippen LogP contribution is 2.37. The van der Waals surface area contributed by atoms with Gasteiger partial charge in [-0.25, -0.2) is 0 Å². The van der Waals surface area contributed by atoms with Crippen LogP contribution < -0.4 is 0 Å². The molecule has 0 aromatic carbocycles. The molecular formula is C12H15NO2. The molecule has 3 rings (SSSR count). The van der Waals surface area contributed by atoms with Gasteiger partial charge in [-0.2, -0.15) is 0 Å². The number of hydrogen-bond donors (Lipinski definition) is 0. The van der Waals surface area contributed by atoms with Gasteiger partial charge in [-0.15, -0.1) is 0 Å². The van der Waals surface area contributed by atoms with Crippen LogP contribution in [0.1, 0.15) is 25.7 Å². The number of rotatable bonds is 0. The van der Waals surface area contributed by atoms with E-state index >= 15 is 0 Å². The lowest BCUT2D eigenvalue weighted by molar-refractivity contribution is -0.144. The lowest BCUT2D eigenvalue weighted by atomic mass is 9.74. The van der Waals surface area contributed by atoms with Crippen LogP contribution in [0, 0.1) is 11.8 Å². The van der Waals surface area contributed by atoms with E-state index < -0.39 is 0 Å². The summed E-state index contributed by atoms with van der Waals surface area (Å²) >= 11 is 0. The number of fused-ring (bicyclic) bond motifs is 4. The summed E-state index contributed by atoms with van der Waals surface area (Å²) in [5.41, 5.74) is 0. The summed E-state index contributed by atoms with van der Waals surface area (Å²) in [6.45, 7) is 0.837. The van der Waals surface area contributed by atoms with Crippen molar-refractivity contribution in [1.29, 1.82) is 0 Å². The molecule has 3 nitrogen and oxygen atoms in total. The molecule has 0 spiro atoms. The minimum absolute atomic E-state index is 0.0954. The molecule has 0 aromatic heterocycles. The first-order chi connectivity index (χ1) is 7.25. The molecule has 1 aliphatic carbocycles. The molecule has 2 bridgehead atoms. The number of carbonyl (C=O) groups is 2. The number of nitrogens with zero attached hydrogens (tertiary/aromatic N) is 1. The standard InChI is InChI=1S/C12H15NO2/c14-11-5-4-8-6-9(11)10-2-1-3-12(15)13(10)7-8/h4-5,8-10H,1-3,6-7H2/t8-,9-,10-/m1/s1. The Labute approximate surface area is 89.1 Å². The zero-order valence-corrected chi connectivity index (χ0v) is 8.69. The number of ketones is 1. The average molecular weight is 205 g/mol. The molecule has 15 heavy (non-hydrogen) atoms. The Kier molecular flexibility index (Phi) is 1.94. The van der Waals surface area contributed by atoms with Crippen molar-refractivity contribution in [2.75, 3.05) is 6.54 Å². The summed E-state index contributed by atoms with van der Waals surface area (Å²) in [5.74, 6) is 1.00. The van der Waals surface area contributed by atoms with Gasteiger partial charge in [-0.05, 0) is 31.3 Å². The highest BCUT2D eigenvalue weighted by atomic mass is 16.2. The molecular weight excluding hydrogens is 190 g/mol. The summed E-state index contributed by atoms with van der Waals surface area (Å²) < 4.78 is 0. The van der Waals surface area contributed by atoms with Crippen molar-refractivity contribution in [3.8, 4) is 0 Å². The van der Waals surface area contributed by atoms with Gasteiger partial charge >= 0.3 is 0 Å². The lowest BCUT2D eigenvalue weighted by Gasteiger charge is -2.47. The maximum absolute atomic E-state index is 11.8. The van der Waals surface area contributed by atoms with Gasteiger partial charge < -0.3 is 4.90 Å². The number of allylic oxidation sites excluding steroid dienone is 1. The van der Waals surface area contributed by atoms with Crippen LogP contribution in [-0.2, 0) is 9.59 Å². The van der Waals surface area contributed by atoms with Crippen LogP contribution in [0.25, 0.3) is 0 Å². The summed E-state index contributed by atoms with van der Waals surface area (Å²) in [4.78, 5) is 25.5. The van der Waals surface area contributed by atoms with Crippen molar-refractivity contribution in [3.63, 3.8) is 0 Å². The van der Waals surface area contributed by atoms with E-state index in [0.29, 0.717) is 12.3 Å². The van der Waals surface area contributed by atoms with Gasteiger partial charge in [0, 0.05) is 24.9 Å². The second-order valence-corrected chi connectivity index (χ2v) is 4.87. The molecule has 2 aliphatic heterocycles. The topological polar surface area (TPSA) is 37.4 Å². The molecule has 0 saturated carbocycles. The molecule has 0 unspecified atom stereocenters. The van der Waals surface area contributed by atoms with Gasteiger partial charge in [0.25, 0.3) is 0 Å². The largest absolute Gasteiger partial charge is 0.338 e. The van der Waals surface area contributed by atoms with Crippen LogP contribution in [0.15, 0.2) is 12.2 Å². The fraction of sp³-hybridized carbons (Fsp3) is 0.667. The molecule has 0 N–H and O–H groups in total. The van der Waals surface area contributed by atoms with Crippen molar-refractivity contribution >= 4 is 11.7 Å². The normalized spacial score (nSPS) is 39.2. The monoisotopic (exact) mass is 205 g/mol. The van der Waals surface area contributed by atoms with Gasteiger partial charge in [0.1, 0.15) is 0 Å². The van der Waals surface area contributed by atoms with E-state index in [1.54, 1.807) is 6.08 Å². The Morgan fingerprint density at radius 2 is 2.20 bits per heavy atom. The number of piperidine rings is 2. The van der Waals surface area contributed by atoms with E-state index in [4.69, 9.17) is 0 Å². The van der Waals surface area contributed by atoms with Gasteiger partial charge in [-0.1, -0.05) is 6.08 Å². The highest BCUT2D eigenvalue weighted by Gasteiger charge is 2.43. The second-order valence-electron chi connectivity index (χ2n) is 4.87. The first-order valence-electron chi connectivity index (χ1n) is 5.77. The molecule has 2 fully saturated rings. The van der Waals surface area contributed by atoms with E-state index in [1.807, 2.05) is 11.0 Å².